The highest BCUT2D eigenvalue weighted by Crippen LogP contribution is 2.27. The molecule has 0 aliphatic rings. The summed E-state index contributed by atoms with van der Waals surface area (Å²) in [6.07, 6.45) is 20.6. The lowest BCUT2D eigenvalue weighted by atomic mass is 9.84. The maximum atomic E-state index is 11.2. The van der Waals surface area contributed by atoms with Gasteiger partial charge in [0.05, 0.1) is 12.6 Å². The number of nitrogens with zero attached hydrogens (tertiary/aromatic N) is 3. The van der Waals surface area contributed by atoms with E-state index >= 15 is 0 Å². The van der Waals surface area contributed by atoms with Gasteiger partial charge in [-0.05, 0) is 36.8 Å². The molecule has 0 bridgehead atoms. The Balaban J connectivity index is 1.77. The van der Waals surface area contributed by atoms with Crippen molar-refractivity contribution in [1.82, 2.24) is 15.0 Å². The lowest BCUT2D eigenvalue weighted by Crippen LogP contribution is -2.28. The summed E-state index contributed by atoms with van der Waals surface area (Å²) in [6, 6.07) is 7.96. The minimum atomic E-state index is -0.376. The van der Waals surface area contributed by atoms with Crippen LogP contribution in [-0.4, -0.2) is 26.2 Å². The molecule has 0 saturated carbocycles. The molecule has 3 unspecified atom stereocenters. The highest BCUT2D eigenvalue weighted by atomic mass is 16.3. The van der Waals surface area contributed by atoms with E-state index in [0.717, 1.165) is 23.9 Å². The summed E-state index contributed by atoms with van der Waals surface area (Å²) >= 11 is 0. The van der Waals surface area contributed by atoms with Gasteiger partial charge in [-0.15, -0.1) is 0 Å². The summed E-state index contributed by atoms with van der Waals surface area (Å²) in [5.41, 5.74) is 1.81. The van der Waals surface area contributed by atoms with Gasteiger partial charge >= 0.3 is 0 Å². The minimum Gasteiger partial charge on any atom is -0.391 e. The van der Waals surface area contributed by atoms with E-state index in [0.29, 0.717) is 18.4 Å². The van der Waals surface area contributed by atoms with Gasteiger partial charge in [0.1, 0.15) is 11.0 Å². The Morgan fingerprint density at radius 2 is 1.21 bits per heavy atom. The van der Waals surface area contributed by atoms with Gasteiger partial charge in [-0.25, -0.2) is 0 Å². The predicted molar refractivity (Wildman–Crippen MR) is 141 cm³/mol. The van der Waals surface area contributed by atoms with Crippen molar-refractivity contribution in [3.8, 4) is 0 Å². The second kappa shape index (κ2) is 17.1. The summed E-state index contributed by atoms with van der Waals surface area (Å²) in [6.45, 7) is 7.42. The van der Waals surface area contributed by atoms with Crippen LogP contribution in [0.25, 0.3) is 11.0 Å². The van der Waals surface area contributed by atoms with Gasteiger partial charge in [-0.1, -0.05) is 123 Å². The highest BCUT2D eigenvalue weighted by molar-refractivity contribution is 5.72. The summed E-state index contributed by atoms with van der Waals surface area (Å²) in [5.74, 6) is 1.01. The van der Waals surface area contributed by atoms with Gasteiger partial charge in [-0.2, -0.15) is 15.0 Å². The zero-order valence-corrected chi connectivity index (χ0v) is 21.9. The molecule has 1 N–H and O–H groups in total. The normalized spacial score (nSPS) is 14.5. The van der Waals surface area contributed by atoms with Crippen molar-refractivity contribution < 1.29 is 5.11 Å². The maximum absolute atomic E-state index is 11.2. The third-order valence-corrected chi connectivity index (χ3v) is 7.16. The van der Waals surface area contributed by atoms with Crippen LogP contribution in [0.4, 0.5) is 0 Å². The molecule has 2 rings (SSSR count). The maximum Gasteiger partial charge on any atom is 0.113 e. The molecule has 4 heteroatoms. The van der Waals surface area contributed by atoms with E-state index in [1.54, 1.807) is 4.80 Å². The summed E-state index contributed by atoms with van der Waals surface area (Å²) < 4.78 is 0. The number of aromatic nitrogens is 3. The van der Waals surface area contributed by atoms with Crippen LogP contribution in [0.15, 0.2) is 24.3 Å². The molecule has 0 radical (unpaired) electrons. The van der Waals surface area contributed by atoms with Crippen molar-refractivity contribution in [3.05, 3.63) is 24.3 Å². The molecule has 3 atom stereocenters. The van der Waals surface area contributed by atoms with Crippen LogP contribution in [0, 0.1) is 11.8 Å². The molecule has 0 aliphatic heterocycles. The Morgan fingerprint density at radius 3 is 1.79 bits per heavy atom. The van der Waals surface area contributed by atoms with Crippen LogP contribution in [0.1, 0.15) is 124 Å². The number of hydrogen-bond acceptors (Lipinski definition) is 3. The Hall–Kier alpha value is -1.42. The topological polar surface area (TPSA) is 50.9 Å². The number of aliphatic hydroxyl groups is 1. The average Bonchev–Trinajstić information content (AvgIpc) is 3.22. The lowest BCUT2D eigenvalue weighted by molar-refractivity contribution is 0.0634. The van der Waals surface area contributed by atoms with Crippen LogP contribution < -0.4 is 0 Å². The highest BCUT2D eigenvalue weighted by Gasteiger charge is 2.22. The third-order valence-electron chi connectivity index (χ3n) is 7.16. The molecule has 1 aromatic heterocycles. The minimum absolute atomic E-state index is 0.338. The zero-order valence-electron chi connectivity index (χ0n) is 21.9. The van der Waals surface area contributed by atoms with Gasteiger partial charge < -0.3 is 5.11 Å². The number of aliphatic hydroxyl groups excluding tert-OH is 1. The van der Waals surface area contributed by atoms with E-state index in [-0.39, 0.29) is 6.10 Å². The van der Waals surface area contributed by atoms with Crippen molar-refractivity contribution in [2.24, 2.45) is 11.8 Å². The Labute approximate surface area is 203 Å². The molecule has 0 aliphatic carbocycles. The summed E-state index contributed by atoms with van der Waals surface area (Å²) in [5, 5.41) is 20.3. The molecule has 1 heterocycles. The van der Waals surface area contributed by atoms with Gasteiger partial charge in [-0.3, -0.25) is 0 Å². The number of benzene rings is 1. The summed E-state index contributed by atoms with van der Waals surface area (Å²) in [4.78, 5) is 1.71. The van der Waals surface area contributed by atoms with Gasteiger partial charge in [0.2, 0.25) is 0 Å². The van der Waals surface area contributed by atoms with Crippen LogP contribution in [0.3, 0.4) is 0 Å². The van der Waals surface area contributed by atoms with Crippen molar-refractivity contribution >= 4 is 11.0 Å². The molecule has 0 spiro atoms. The number of fused-ring (bicyclic) bond motifs is 1. The Kier molecular flexibility index (Phi) is 14.4. The van der Waals surface area contributed by atoms with E-state index in [9.17, 15) is 5.11 Å². The van der Waals surface area contributed by atoms with Crippen LogP contribution in [0.2, 0.25) is 0 Å². The lowest BCUT2D eigenvalue weighted by Gasteiger charge is -2.26. The second-order valence-corrected chi connectivity index (χ2v) is 10.4. The molecule has 4 nitrogen and oxygen atoms in total. The van der Waals surface area contributed by atoms with Crippen molar-refractivity contribution in [2.45, 2.75) is 136 Å². The second-order valence-electron chi connectivity index (χ2n) is 10.4. The van der Waals surface area contributed by atoms with Crippen LogP contribution in [0.5, 0.6) is 0 Å². The fourth-order valence-electron chi connectivity index (χ4n) is 5.04. The first-order valence-electron chi connectivity index (χ1n) is 14.1. The molecule has 0 amide bonds. The monoisotopic (exact) mass is 457 g/mol. The first-order chi connectivity index (χ1) is 16.1. The van der Waals surface area contributed by atoms with Crippen LogP contribution >= 0.6 is 0 Å². The molecule has 0 fully saturated rings. The molecule has 33 heavy (non-hydrogen) atoms. The first-order valence-corrected chi connectivity index (χ1v) is 14.1. The molecular formula is C29H51N3O. The van der Waals surface area contributed by atoms with Gasteiger partial charge in [0, 0.05) is 0 Å². The van der Waals surface area contributed by atoms with Gasteiger partial charge in [0.15, 0.2) is 0 Å². The molecule has 188 valence electrons. The third kappa shape index (κ3) is 11.5. The fourth-order valence-corrected chi connectivity index (χ4v) is 5.04. The quantitative estimate of drug-likeness (QED) is 0.203. The largest absolute Gasteiger partial charge is 0.391 e. The molecule has 2 aromatic rings. The van der Waals surface area contributed by atoms with Crippen LogP contribution in [-0.2, 0) is 6.54 Å². The molecule has 0 saturated heterocycles. The summed E-state index contributed by atoms with van der Waals surface area (Å²) in [7, 11) is 0. The van der Waals surface area contributed by atoms with E-state index < -0.39 is 0 Å². The number of rotatable bonds is 20. The standard InChI is InChI=1S/C29H51N3O/c1-4-6-8-9-10-11-12-13-14-16-20-26(23-25(3)19-15-7-5-2)29(33)24-32-30-27-21-17-18-22-28(27)31-32/h17-18,21-22,25-26,29,33H,4-16,19-20,23-24H2,1-3H3. The van der Waals surface area contributed by atoms with Crippen molar-refractivity contribution in [2.75, 3.05) is 0 Å². The fraction of sp³-hybridized carbons (Fsp3) is 0.793. The SMILES string of the molecule is CCCCCCCCCCCCC(CC(C)CCCCC)C(O)Cn1nc2ccccc2n1. The van der Waals surface area contributed by atoms with Crippen molar-refractivity contribution in [3.63, 3.8) is 0 Å². The van der Waals surface area contributed by atoms with E-state index in [1.165, 1.54) is 89.9 Å². The van der Waals surface area contributed by atoms with Crippen molar-refractivity contribution in [1.29, 1.82) is 0 Å². The Bertz CT molecular complexity index is 695. The smallest absolute Gasteiger partial charge is 0.113 e. The zero-order chi connectivity index (χ0) is 23.7. The average molecular weight is 458 g/mol. The Morgan fingerprint density at radius 1 is 0.727 bits per heavy atom. The van der Waals surface area contributed by atoms with E-state index in [1.807, 2.05) is 24.3 Å². The molecular weight excluding hydrogens is 406 g/mol. The first kappa shape index (κ1) is 27.8. The van der Waals surface area contributed by atoms with Gasteiger partial charge in [0.25, 0.3) is 0 Å². The molecule has 1 aromatic carbocycles. The number of hydrogen-bond donors (Lipinski definition) is 1. The van der Waals surface area contributed by atoms with E-state index in [4.69, 9.17) is 0 Å². The number of unbranched alkanes of at least 4 members (excludes halogenated alkanes) is 11. The predicted octanol–water partition coefficient (Wildman–Crippen LogP) is 8.33. The van der Waals surface area contributed by atoms with E-state index in [2.05, 4.69) is 31.0 Å².